The van der Waals surface area contributed by atoms with Crippen LogP contribution in [0.15, 0.2) is 53.4 Å². The molecule has 6 nitrogen and oxygen atoms in total. The topological polar surface area (TPSA) is 75.7 Å². The highest BCUT2D eigenvalue weighted by molar-refractivity contribution is 7.89. The first kappa shape index (κ1) is 18.4. The van der Waals surface area contributed by atoms with E-state index in [1.807, 2.05) is 12.1 Å². The molecule has 2 aromatic carbocycles. The Balaban J connectivity index is 1.77. The molecule has 0 aromatic heterocycles. The quantitative estimate of drug-likeness (QED) is 0.893. The minimum absolute atomic E-state index is 0.187. The van der Waals surface area contributed by atoms with Crippen molar-refractivity contribution < 1.29 is 17.9 Å². The van der Waals surface area contributed by atoms with Crippen molar-refractivity contribution in [3.05, 3.63) is 59.7 Å². The van der Waals surface area contributed by atoms with E-state index in [4.69, 9.17) is 4.74 Å². The van der Waals surface area contributed by atoms with Gasteiger partial charge in [0.15, 0.2) is 0 Å². The average molecular weight is 374 g/mol. The van der Waals surface area contributed by atoms with Crippen LogP contribution in [0.1, 0.15) is 25.0 Å². The van der Waals surface area contributed by atoms with Crippen LogP contribution in [0.25, 0.3) is 0 Å². The third-order valence-electron chi connectivity index (χ3n) is 4.10. The second kappa shape index (κ2) is 7.47. The van der Waals surface area contributed by atoms with Gasteiger partial charge in [0.2, 0.25) is 10.0 Å². The summed E-state index contributed by atoms with van der Waals surface area (Å²) in [7, 11) is -3.56. The highest BCUT2D eigenvalue weighted by Crippen LogP contribution is 2.23. The van der Waals surface area contributed by atoms with Crippen molar-refractivity contribution in [1.82, 2.24) is 9.62 Å². The van der Waals surface area contributed by atoms with Gasteiger partial charge in [-0.15, -0.1) is 0 Å². The second-order valence-corrected chi connectivity index (χ2v) is 8.27. The normalized spacial score (nSPS) is 14.2. The molecule has 0 saturated carbocycles. The SMILES string of the molecule is CC(C)NS(=O)(=O)c1ccc2c(c1)CN(C(=O)Oc1ccccc1)CC2. The van der Waals surface area contributed by atoms with Gasteiger partial charge in [0.25, 0.3) is 0 Å². The molecule has 1 heterocycles. The molecule has 1 amide bonds. The van der Waals surface area contributed by atoms with Gasteiger partial charge in [0.1, 0.15) is 5.75 Å². The first-order chi connectivity index (χ1) is 12.3. The van der Waals surface area contributed by atoms with E-state index in [0.717, 1.165) is 11.1 Å². The molecule has 0 unspecified atom stereocenters. The zero-order valence-corrected chi connectivity index (χ0v) is 15.6. The lowest BCUT2D eigenvalue weighted by molar-refractivity contribution is 0.147. The van der Waals surface area contributed by atoms with Crippen molar-refractivity contribution in [3.8, 4) is 5.75 Å². The Morgan fingerprint density at radius 3 is 2.54 bits per heavy atom. The molecule has 1 aliphatic rings. The lowest BCUT2D eigenvalue weighted by atomic mass is 10.0. The van der Waals surface area contributed by atoms with Crippen LogP contribution in [-0.2, 0) is 23.0 Å². The first-order valence-electron chi connectivity index (χ1n) is 8.51. The lowest BCUT2D eigenvalue weighted by Gasteiger charge is -2.28. The van der Waals surface area contributed by atoms with Crippen LogP contribution in [0, 0.1) is 0 Å². The molecule has 0 atom stereocenters. The molecule has 0 fully saturated rings. The van der Waals surface area contributed by atoms with E-state index in [1.165, 1.54) is 0 Å². The minimum atomic E-state index is -3.56. The van der Waals surface area contributed by atoms with Crippen LogP contribution in [0.2, 0.25) is 0 Å². The van der Waals surface area contributed by atoms with E-state index in [0.29, 0.717) is 25.3 Å². The Labute approximate surface area is 153 Å². The zero-order chi connectivity index (χ0) is 18.7. The summed E-state index contributed by atoms with van der Waals surface area (Å²) in [6, 6.07) is 13.8. The summed E-state index contributed by atoms with van der Waals surface area (Å²) in [5, 5.41) is 0. The second-order valence-electron chi connectivity index (χ2n) is 6.56. The number of para-hydroxylation sites is 1. The maximum absolute atomic E-state index is 12.4. The van der Waals surface area contributed by atoms with Gasteiger partial charge in [-0.05, 0) is 55.7 Å². The standard InChI is InChI=1S/C19H22N2O4S/c1-14(2)20-26(23,24)18-9-8-15-10-11-21(13-16(15)12-18)19(22)25-17-6-4-3-5-7-17/h3-9,12,14,20H,10-11,13H2,1-2H3. The molecule has 1 N–H and O–H groups in total. The van der Waals surface area contributed by atoms with Crippen LogP contribution in [0.5, 0.6) is 5.75 Å². The number of hydrogen-bond donors (Lipinski definition) is 1. The maximum Gasteiger partial charge on any atom is 0.415 e. The van der Waals surface area contributed by atoms with Crippen LogP contribution in [0.3, 0.4) is 0 Å². The molecule has 3 rings (SSSR count). The molecule has 0 spiro atoms. The molecule has 0 radical (unpaired) electrons. The van der Waals surface area contributed by atoms with Crippen molar-refractivity contribution in [3.63, 3.8) is 0 Å². The smallest absolute Gasteiger partial charge is 0.410 e. The third-order valence-corrected chi connectivity index (χ3v) is 5.75. The van der Waals surface area contributed by atoms with Gasteiger partial charge in [0.05, 0.1) is 4.90 Å². The molecule has 0 bridgehead atoms. The molecule has 2 aromatic rings. The molecule has 7 heteroatoms. The number of benzene rings is 2. The summed E-state index contributed by atoms with van der Waals surface area (Å²) in [5.41, 5.74) is 1.88. The predicted molar refractivity (Wildman–Crippen MR) is 98.5 cm³/mol. The number of ether oxygens (including phenoxy) is 1. The number of hydrogen-bond acceptors (Lipinski definition) is 4. The molecule has 26 heavy (non-hydrogen) atoms. The zero-order valence-electron chi connectivity index (χ0n) is 14.8. The minimum Gasteiger partial charge on any atom is -0.410 e. The fourth-order valence-corrected chi connectivity index (χ4v) is 4.19. The fraction of sp³-hybridized carbons (Fsp3) is 0.316. The maximum atomic E-state index is 12.4. The Morgan fingerprint density at radius 2 is 1.85 bits per heavy atom. The number of carbonyl (C=O) groups is 1. The van der Waals surface area contributed by atoms with Crippen molar-refractivity contribution in [2.45, 2.75) is 37.8 Å². The third kappa shape index (κ3) is 4.23. The highest BCUT2D eigenvalue weighted by Gasteiger charge is 2.24. The monoisotopic (exact) mass is 374 g/mol. The average Bonchev–Trinajstić information content (AvgIpc) is 2.60. The highest BCUT2D eigenvalue weighted by atomic mass is 32.2. The van der Waals surface area contributed by atoms with Crippen LogP contribution >= 0.6 is 0 Å². The van der Waals surface area contributed by atoms with Crippen molar-refractivity contribution in [2.75, 3.05) is 6.54 Å². The summed E-state index contributed by atoms with van der Waals surface area (Å²) in [6.45, 7) is 4.41. The van der Waals surface area contributed by atoms with Crippen molar-refractivity contribution >= 4 is 16.1 Å². The summed E-state index contributed by atoms with van der Waals surface area (Å²) in [5.74, 6) is 0.487. The number of rotatable bonds is 4. The van der Waals surface area contributed by atoms with Gasteiger partial charge < -0.3 is 9.64 Å². The number of nitrogens with one attached hydrogen (secondary N) is 1. The van der Waals surface area contributed by atoms with E-state index < -0.39 is 16.1 Å². The van der Waals surface area contributed by atoms with E-state index in [2.05, 4.69) is 4.72 Å². The van der Waals surface area contributed by atoms with Gasteiger partial charge in [-0.2, -0.15) is 0 Å². The number of fused-ring (bicyclic) bond motifs is 1. The van der Waals surface area contributed by atoms with E-state index in [9.17, 15) is 13.2 Å². The number of sulfonamides is 1. The van der Waals surface area contributed by atoms with E-state index in [1.54, 1.807) is 55.1 Å². The summed E-state index contributed by atoms with van der Waals surface area (Å²) < 4.78 is 32.7. The van der Waals surface area contributed by atoms with Crippen LogP contribution < -0.4 is 9.46 Å². The van der Waals surface area contributed by atoms with Crippen molar-refractivity contribution in [2.24, 2.45) is 0 Å². The van der Waals surface area contributed by atoms with Gasteiger partial charge in [0, 0.05) is 19.1 Å². The first-order valence-corrected chi connectivity index (χ1v) is 9.99. The number of carbonyl (C=O) groups excluding carboxylic acids is 1. The Hall–Kier alpha value is -2.38. The van der Waals surface area contributed by atoms with E-state index >= 15 is 0 Å². The summed E-state index contributed by atoms with van der Waals surface area (Å²) >= 11 is 0. The van der Waals surface area contributed by atoms with Gasteiger partial charge in [-0.1, -0.05) is 24.3 Å². The Morgan fingerprint density at radius 1 is 1.12 bits per heavy atom. The van der Waals surface area contributed by atoms with Crippen LogP contribution in [-0.4, -0.2) is 32.0 Å². The molecule has 0 aliphatic carbocycles. The van der Waals surface area contributed by atoms with E-state index in [-0.39, 0.29) is 10.9 Å². The molecule has 1 aliphatic heterocycles. The fourth-order valence-electron chi connectivity index (χ4n) is 2.89. The molecule has 138 valence electrons. The van der Waals surface area contributed by atoms with Crippen LogP contribution in [0.4, 0.5) is 4.79 Å². The summed E-state index contributed by atoms with van der Waals surface area (Å²) in [4.78, 5) is 14.2. The van der Waals surface area contributed by atoms with Gasteiger partial charge in [-0.25, -0.2) is 17.9 Å². The van der Waals surface area contributed by atoms with Crippen molar-refractivity contribution in [1.29, 1.82) is 0 Å². The number of amides is 1. The predicted octanol–water partition coefficient (Wildman–Crippen LogP) is 2.93. The molecule has 0 saturated heterocycles. The Kier molecular flexibility index (Phi) is 5.29. The van der Waals surface area contributed by atoms with Gasteiger partial charge >= 0.3 is 6.09 Å². The number of nitrogens with zero attached hydrogens (tertiary/aromatic N) is 1. The van der Waals surface area contributed by atoms with Gasteiger partial charge in [-0.3, -0.25) is 0 Å². The molecular formula is C19H22N2O4S. The lowest BCUT2D eigenvalue weighted by Crippen LogP contribution is -2.38. The largest absolute Gasteiger partial charge is 0.415 e. The Bertz CT molecular complexity index is 895. The summed E-state index contributed by atoms with van der Waals surface area (Å²) in [6.07, 6.45) is 0.229. The molecular weight excluding hydrogens is 352 g/mol.